The van der Waals surface area contributed by atoms with Gasteiger partial charge in [-0.1, -0.05) is 18.2 Å². The number of piperidine rings is 1. The Morgan fingerprint density at radius 1 is 1.12 bits per heavy atom. The molecule has 2 aliphatic rings. The standard InChI is InChI=1S/C19H27N3O2.ClH/c1-19(18(24)21-13-9-16(20-2)10-14-21)11-6-12-22(19)17(23)15-7-4-3-5-8-15;/h3-5,7-8,16,20H,6,9-14H2,1-2H3;1H. The van der Waals surface area contributed by atoms with E-state index in [1.165, 1.54) is 0 Å². The fourth-order valence-electron chi connectivity index (χ4n) is 3.96. The summed E-state index contributed by atoms with van der Waals surface area (Å²) in [6.45, 7) is 4.14. The van der Waals surface area contributed by atoms with Crippen LogP contribution in [-0.2, 0) is 4.79 Å². The van der Waals surface area contributed by atoms with Crippen LogP contribution in [0.3, 0.4) is 0 Å². The zero-order valence-corrected chi connectivity index (χ0v) is 15.8. The summed E-state index contributed by atoms with van der Waals surface area (Å²) in [5, 5.41) is 3.29. The second-order valence-corrected chi connectivity index (χ2v) is 7.06. The predicted octanol–water partition coefficient (Wildman–Crippen LogP) is 2.31. The fraction of sp³-hybridized carbons (Fsp3) is 0.579. The summed E-state index contributed by atoms with van der Waals surface area (Å²) in [7, 11) is 1.97. The zero-order valence-electron chi connectivity index (χ0n) is 15.0. The third kappa shape index (κ3) is 3.82. The summed E-state index contributed by atoms with van der Waals surface area (Å²) in [5.74, 6) is 0.0768. The lowest BCUT2D eigenvalue weighted by Crippen LogP contribution is -2.58. The summed E-state index contributed by atoms with van der Waals surface area (Å²) >= 11 is 0. The molecule has 1 aromatic carbocycles. The first-order chi connectivity index (χ1) is 11.6. The topological polar surface area (TPSA) is 52.7 Å². The van der Waals surface area contributed by atoms with Gasteiger partial charge in [-0.3, -0.25) is 9.59 Å². The number of carbonyl (C=O) groups is 2. The van der Waals surface area contributed by atoms with E-state index in [4.69, 9.17) is 0 Å². The predicted molar refractivity (Wildman–Crippen MR) is 101 cm³/mol. The number of rotatable bonds is 3. The van der Waals surface area contributed by atoms with Crippen LogP contribution in [0.2, 0.25) is 0 Å². The van der Waals surface area contributed by atoms with Crippen LogP contribution in [0.4, 0.5) is 0 Å². The molecule has 1 unspecified atom stereocenters. The highest BCUT2D eigenvalue weighted by molar-refractivity contribution is 5.99. The normalized spacial score (nSPS) is 24.1. The Morgan fingerprint density at radius 2 is 1.76 bits per heavy atom. The SMILES string of the molecule is CNC1CCN(C(=O)C2(C)CCCN2C(=O)c2ccccc2)CC1.Cl. The van der Waals surface area contributed by atoms with Crippen molar-refractivity contribution in [1.82, 2.24) is 15.1 Å². The third-order valence-corrected chi connectivity index (χ3v) is 5.56. The molecular weight excluding hydrogens is 338 g/mol. The van der Waals surface area contributed by atoms with Crippen molar-refractivity contribution in [2.45, 2.75) is 44.2 Å². The van der Waals surface area contributed by atoms with Crippen molar-refractivity contribution in [3.05, 3.63) is 35.9 Å². The van der Waals surface area contributed by atoms with Gasteiger partial charge in [0.05, 0.1) is 0 Å². The van der Waals surface area contributed by atoms with Crippen molar-refractivity contribution in [2.24, 2.45) is 0 Å². The van der Waals surface area contributed by atoms with Crippen LogP contribution in [0.5, 0.6) is 0 Å². The quantitative estimate of drug-likeness (QED) is 0.894. The van der Waals surface area contributed by atoms with Crippen LogP contribution < -0.4 is 5.32 Å². The van der Waals surface area contributed by atoms with Crippen molar-refractivity contribution < 1.29 is 9.59 Å². The minimum Gasteiger partial charge on any atom is -0.341 e. The van der Waals surface area contributed by atoms with Crippen molar-refractivity contribution in [1.29, 1.82) is 0 Å². The van der Waals surface area contributed by atoms with E-state index in [1.54, 1.807) is 4.90 Å². The summed E-state index contributed by atoms with van der Waals surface area (Å²) in [5.41, 5.74) is -0.0494. The van der Waals surface area contributed by atoms with Crippen LogP contribution in [0.15, 0.2) is 30.3 Å². The van der Waals surface area contributed by atoms with Gasteiger partial charge in [0.15, 0.2) is 0 Å². The van der Waals surface area contributed by atoms with Crippen LogP contribution in [0, 0.1) is 0 Å². The van der Waals surface area contributed by atoms with Gasteiger partial charge in [-0.05, 0) is 51.8 Å². The van der Waals surface area contributed by atoms with Gasteiger partial charge in [0.1, 0.15) is 5.54 Å². The molecule has 0 bridgehead atoms. The van der Waals surface area contributed by atoms with Crippen LogP contribution >= 0.6 is 12.4 Å². The van der Waals surface area contributed by atoms with Gasteiger partial charge in [-0.25, -0.2) is 0 Å². The van der Waals surface area contributed by atoms with E-state index < -0.39 is 5.54 Å². The number of hydrogen-bond acceptors (Lipinski definition) is 3. The minimum atomic E-state index is -0.709. The number of likely N-dealkylation sites (tertiary alicyclic amines) is 2. The molecular formula is C19H28ClN3O2. The van der Waals surface area contributed by atoms with Crippen molar-refractivity contribution in [3.63, 3.8) is 0 Å². The number of nitrogens with one attached hydrogen (secondary N) is 1. The van der Waals surface area contributed by atoms with Crippen molar-refractivity contribution in [3.8, 4) is 0 Å². The molecule has 138 valence electrons. The second kappa shape index (κ2) is 8.19. The molecule has 1 atom stereocenters. The Labute approximate surface area is 156 Å². The summed E-state index contributed by atoms with van der Waals surface area (Å²) < 4.78 is 0. The molecule has 6 heteroatoms. The van der Waals surface area contributed by atoms with Gasteiger partial charge in [0.2, 0.25) is 5.91 Å². The van der Waals surface area contributed by atoms with Gasteiger partial charge in [-0.15, -0.1) is 12.4 Å². The fourth-order valence-corrected chi connectivity index (χ4v) is 3.96. The smallest absolute Gasteiger partial charge is 0.254 e. The lowest BCUT2D eigenvalue weighted by molar-refractivity contribution is -0.142. The molecule has 0 radical (unpaired) electrons. The van der Waals surface area contributed by atoms with Crippen molar-refractivity contribution in [2.75, 3.05) is 26.7 Å². The van der Waals surface area contributed by atoms with Crippen LogP contribution in [0.25, 0.3) is 0 Å². The van der Waals surface area contributed by atoms with Gasteiger partial charge in [0, 0.05) is 31.2 Å². The third-order valence-electron chi connectivity index (χ3n) is 5.56. The number of hydrogen-bond donors (Lipinski definition) is 1. The molecule has 3 rings (SSSR count). The molecule has 0 aromatic heterocycles. The molecule has 0 aliphatic carbocycles. The van der Waals surface area contributed by atoms with Crippen LogP contribution in [-0.4, -0.2) is 59.9 Å². The molecule has 2 fully saturated rings. The monoisotopic (exact) mass is 365 g/mol. The highest BCUT2D eigenvalue weighted by Crippen LogP contribution is 2.33. The Balaban J connectivity index is 0.00000225. The molecule has 2 amide bonds. The first-order valence-corrected chi connectivity index (χ1v) is 8.90. The molecule has 2 saturated heterocycles. The van der Waals surface area contributed by atoms with E-state index in [0.717, 1.165) is 38.8 Å². The van der Waals surface area contributed by atoms with Crippen molar-refractivity contribution >= 4 is 24.2 Å². The molecule has 1 aromatic rings. The molecule has 25 heavy (non-hydrogen) atoms. The number of benzene rings is 1. The molecule has 2 heterocycles. The minimum absolute atomic E-state index is 0. The summed E-state index contributed by atoms with van der Waals surface area (Å²) in [6, 6.07) is 9.77. The van der Waals surface area contributed by atoms with E-state index in [1.807, 2.05) is 49.2 Å². The maximum Gasteiger partial charge on any atom is 0.254 e. The Kier molecular flexibility index (Phi) is 6.47. The van der Waals surface area contributed by atoms with Gasteiger partial charge < -0.3 is 15.1 Å². The molecule has 2 aliphatic heterocycles. The number of nitrogens with zero attached hydrogens (tertiary/aromatic N) is 2. The zero-order chi connectivity index (χ0) is 17.2. The highest BCUT2D eigenvalue weighted by Gasteiger charge is 2.48. The van der Waals surface area contributed by atoms with Gasteiger partial charge in [0.25, 0.3) is 5.91 Å². The number of halogens is 1. The van der Waals surface area contributed by atoms with E-state index in [2.05, 4.69) is 5.32 Å². The largest absolute Gasteiger partial charge is 0.341 e. The van der Waals surface area contributed by atoms with E-state index in [0.29, 0.717) is 18.2 Å². The van der Waals surface area contributed by atoms with E-state index in [-0.39, 0.29) is 24.2 Å². The van der Waals surface area contributed by atoms with Crippen LogP contribution in [0.1, 0.15) is 43.0 Å². The lowest BCUT2D eigenvalue weighted by atomic mass is 9.94. The Bertz CT molecular complexity index is 602. The molecule has 1 N–H and O–H groups in total. The molecule has 0 saturated carbocycles. The van der Waals surface area contributed by atoms with E-state index in [9.17, 15) is 9.59 Å². The Morgan fingerprint density at radius 3 is 2.36 bits per heavy atom. The summed E-state index contributed by atoms with van der Waals surface area (Å²) in [4.78, 5) is 29.8. The maximum absolute atomic E-state index is 13.2. The van der Waals surface area contributed by atoms with E-state index >= 15 is 0 Å². The molecule has 5 nitrogen and oxygen atoms in total. The molecule has 0 spiro atoms. The first kappa shape index (κ1) is 19.7. The average molecular weight is 366 g/mol. The Hall–Kier alpha value is -1.59. The maximum atomic E-state index is 13.2. The number of carbonyl (C=O) groups excluding carboxylic acids is 2. The number of amides is 2. The lowest BCUT2D eigenvalue weighted by Gasteiger charge is -2.40. The van der Waals surface area contributed by atoms with Gasteiger partial charge in [-0.2, -0.15) is 0 Å². The van der Waals surface area contributed by atoms with Gasteiger partial charge >= 0.3 is 0 Å². The summed E-state index contributed by atoms with van der Waals surface area (Å²) in [6.07, 6.45) is 3.58. The first-order valence-electron chi connectivity index (χ1n) is 8.90. The highest BCUT2D eigenvalue weighted by atomic mass is 35.5. The second-order valence-electron chi connectivity index (χ2n) is 7.06. The average Bonchev–Trinajstić information content (AvgIpc) is 3.04.